The second kappa shape index (κ2) is 81.7. The molecule has 0 amide bonds. The highest BCUT2D eigenvalue weighted by molar-refractivity contribution is 7.47. The third kappa shape index (κ3) is 85.6. The number of carbonyl (C=O) groups excluding carboxylic acids is 2. The van der Waals surface area contributed by atoms with Crippen molar-refractivity contribution in [3.8, 4) is 0 Å². The third-order valence-corrected chi connectivity index (χ3v) is 20.3. The van der Waals surface area contributed by atoms with E-state index in [4.69, 9.17) is 18.5 Å². The van der Waals surface area contributed by atoms with Gasteiger partial charge in [0.1, 0.15) is 19.8 Å². The maximum atomic E-state index is 12.9. The van der Waals surface area contributed by atoms with Crippen molar-refractivity contribution in [1.82, 2.24) is 0 Å². The number of quaternary nitrogens is 1. The Morgan fingerprint density at radius 2 is 0.559 bits per heavy atom. The van der Waals surface area contributed by atoms with E-state index in [1.165, 1.54) is 289 Å². The zero-order chi connectivity index (χ0) is 74.0. The number of carbonyl (C=O) groups is 2. The minimum Gasteiger partial charge on any atom is -0.462 e. The second-order valence-corrected chi connectivity index (χ2v) is 32.0. The molecule has 0 rings (SSSR count). The van der Waals surface area contributed by atoms with E-state index in [0.717, 1.165) is 89.9 Å². The molecular weight excluding hydrogens is 1280 g/mol. The highest BCUT2D eigenvalue weighted by atomic mass is 31.2. The quantitative estimate of drug-likeness (QED) is 0.0211. The summed E-state index contributed by atoms with van der Waals surface area (Å²) in [4.78, 5) is 36.0. The van der Waals surface area contributed by atoms with Crippen molar-refractivity contribution in [3.63, 3.8) is 0 Å². The van der Waals surface area contributed by atoms with Crippen molar-refractivity contribution in [2.45, 2.75) is 418 Å². The Kier molecular flexibility index (Phi) is 79.1. The predicted molar refractivity (Wildman–Crippen MR) is 445 cm³/mol. The lowest BCUT2D eigenvalue weighted by molar-refractivity contribution is -0.870. The van der Waals surface area contributed by atoms with Gasteiger partial charge in [0.2, 0.25) is 0 Å². The van der Waals surface area contributed by atoms with Crippen molar-refractivity contribution in [2.75, 3.05) is 47.5 Å². The molecule has 0 heterocycles. The summed E-state index contributed by atoms with van der Waals surface area (Å²) >= 11 is 0. The number of likely N-dealkylation sites (N-methyl/N-ethyl adjacent to an activating group) is 1. The fourth-order valence-corrected chi connectivity index (χ4v) is 13.4. The number of esters is 2. The molecule has 0 aromatic rings. The third-order valence-electron chi connectivity index (χ3n) is 19.3. The van der Waals surface area contributed by atoms with Crippen molar-refractivity contribution < 1.29 is 42.1 Å². The molecule has 9 nitrogen and oxygen atoms in total. The lowest BCUT2D eigenvalue weighted by Gasteiger charge is -2.24. The Balaban J connectivity index is 3.91. The molecule has 0 spiro atoms. The molecule has 0 bridgehead atoms. The number of unbranched alkanes of at least 4 members (excludes halogenated alkanes) is 49. The first-order valence-corrected chi connectivity index (χ1v) is 45.1. The topological polar surface area (TPSA) is 108 Å². The maximum Gasteiger partial charge on any atom is 0.472 e. The highest BCUT2D eigenvalue weighted by Gasteiger charge is 2.27. The molecule has 1 N–H and O–H groups in total. The molecule has 0 saturated heterocycles. The van der Waals surface area contributed by atoms with Gasteiger partial charge in [0.25, 0.3) is 0 Å². The van der Waals surface area contributed by atoms with E-state index < -0.39 is 26.5 Å². The largest absolute Gasteiger partial charge is 0.472 e. The van der Waals surface area contributed by atoms with Gasteiger partial charge < -0.3 is 18.9 Å². The Hall–Kier alpha value is -3.33. The van der Waals surface area contributed by atoms with Gasteiger partial charge in [-0.05, 0) is 103 Å². The molecule has 0 saturated carbocycles. The molecule has 592 valence electrons. The van der Waals surface area contributed by atoms with E-state index in [9.17, 15) is 19.0 Å². The SMILES string of the molecule is CC/C=C\C/C=C\C/C=C\C/C=C\C/C=C\C/C=C\C/C=C\C/C=C\CCCCCCCCCCCCCCC(=O)OC(COC(=O)CCCCCCCCCCCCCCCCCCCCCCCCCCCCCCC/C=C\CCCCCCCCCC)COP(=O)(O)OCC[N+](C)(C)C. The van der Waals surface area contributed by atoms with Crippen LogP contribution in [0.25, 0.3) is 0 Å². The van der Waals surface area contributed by atoms with Crippen molar-refractivity contribution in [3.05, 3.63) is 109 Å². The van der Waals surface area contributed by atoms with Gasteiger partial charge in [-0.15, -0.1) is 0 Å². The molecule has 0 aromatic heterocycles. The van der Waals surface area contributed by atoms with E-state index >= 15 is 0 Å². The maximum absolute atomic E-state index is 12.9. The number of hydrogen-bond donors (Lipinski definition) is 1. The number of nitrogens with zero attached hydrogens (tertiary/aromatic N) is 1. The van der Waals surface area contributed by atoms with Gasteiger partial charge in [0, 0.05) is 12.8 Å². The molecule has 0 fully saturated rings. The Morgan fingerprint density at radius 3 is 0.843 bits per heavy atom. The van der Waals surface area contributed by atoms with Gasteiger partial charge in [0.15, 0.2) is 6.10 Å². The molecule has 0 aromatic carbocycles. The van der Waals surface area contributed by atoms with Crippen LogP contribution in [0.15, 0.2) is 109 Å². The molecule has 0 radical (unpaired) electrons. The fraction of sp³-hybridized carbons (Fsp3) is 0.783. The van der Waals surface area contributed by atoms with E-state index in [0.29, 0.717) is 17.4 Å². The van der Waals surface area contributed by atoms with E-state index in [2.05, 4.69) is 123 Å². The fourth-order valence-electron chi connectivity index (χ4n) is 12.7. The molecule has 2 unspecified atom stereocenters. The predicted octanol–water partition coefficient (Wildman–Crippen LogP) is 29.5. The number of rotatable bonds is 81. The lowest BCUT2D eigenvalue weighted by Crippen LogP contribution is -2.37. The van der Waals surface area contributed by atoms with Crippen molar-refractivity contribution in [1.29, 1.82) is 0 Å². The Morgan fingerprint density at radius 1 is 0.314 bits per heavy atom. The average Bonchev–Trinajstić information content (AvgIpc) is 0.913. The van der Waals surface area contributed by atoms with Crippen molar-refractivity contribution >= 4 is 19.8 Å². The van der Waals surface area contributed by atoms with Crippen LogP contribution < -0.4 is 0 Å². The normalized spacial score (nSPS) is 13.5. The molecule has 0 aliphatic carbocycles. The zero-order valence-corrected chi connectivity index (χ0v) is 68.7. The monoisotopic (exact) mass is 1450 g/mol. The minimum atomic E-state index is -4.40. The summed E-state index contributed by atoms with van der Waals surface area (Å²) in [5.41, 5.74) is 0. The summed E-state index contributed by atoms with van der Waals surface area (Å²) in [7, 11) is 1.48. The number of phosphoric acid groups is 1. The zero-order valence-electron chi connectivity index (χ0n) is 67.8. The molecule has 0 aliphatic heterocycles. The van der Waals surface area contributed by atoms with Crippen LogP contribution in [0.2, 0.25) is 0 Å². The second-order valence-electron chi connectivity index (χ2n) is 30.5. The van der Waals surface area contributed by atoms with Crippen LogP contribution in [0, 0.1) is 0 Å². The summed E-state index contributed by atoms with van der Waals surface area (Å²) in [5.74, 6) is -0.785. The van der Waals surface area contributed by atoms with Crippen LogP contribution in [0.1, 0.15) is 412 Å². The van der Waals surface area contributed by atoms with Crippen LogP contribution in [0.5, 0.6) is 0 Å². The van der Waals surface area contributed by atoms with Gasteiger partial charge in [-0.3, -0.25) is 18.6 Å². The molecular formula is C92H167NO8P+. The molecule has 102 heavy (non-hydrogen) atoms. The summed E-state index contributed by atoms with van der Waals surface area (Å²) in [6.07, 6.45) is 117. The van der Waals surface area contributed by atoms with Gasteiger partial charge in [-0.1, -0.05) is 406 Å². The molecule has 0 aliphatic rings. The Bertz CT molecular complexity index is 2100. The number of ether oxygens (including phenoxy) is 2. The van der Waals surface area contributed by atoms with Gasteiger partial charge in [-0.25, -0.2) is 4.57 Å². The van der Waals surface area contributed by atoms with Crippen LogP contribution in [0.4, 0.5) is 0 Å². The van der Waals surface area contributed by atoms with Crippen LogP contribution in [0.3, 0.4) is 0 Å². The van der Waals surface area contributed by atoms with E-state index in [-0.39, 0.29) is 32.0 Å². The first kappa shape index (κ1) is 98.7. The van der Waals surface area contributed by atoms with Crippen molar-refractivity contribution in [2.24, 2.45) is 0 Å². The first-order chi connectivity index (χ1) is 50.0. The minimum absolute atomic E-state index is 0.0295. The Labute approximate surface area is 633 Å². The highest BCUT2D eigenvalue weighted by Crippen LogP contribution is 2.43. The smallest absolute Gasteiger partial charge is 0.462 e. The van der Waals surface area contributed by atoms with Crippen LogP contribution in [-0.4, -0.2) is 74.9 Å². The summed E-state index contributed by atoms with van der Waals surface area (Å²) < 4.78 is 34.9. The summed E-state index contributed by atoms with van der Waals surface area (Å²) in [5, 5.41) is 0. The first-order valence-electron chi connectivity index (χ1n) is 43.6. The van der Waals surface area contributed by atoms with Gasteiger partial charge in [0.05, 0.1) is 27.7 Å². The van der Waals surface area contributed by atoms with E-state index in [1.54, 1.807) is 0 Å². The molecule has 2 atom stereocenters. The number of hydrogen-bond acceptors (Lipinski definition) is 7. The van der Waals surface area contributed by atoms with E-state index in [1.807, 2.05) is 21.1 Å². The van der Waals surface area contributed by atoms with Crippen LogP contribution >= 0.6 is 7.82 Å². The van der Waals surface area contributed by atoms with Crippen LogP contribution in [-0.2, 0) is 32.7 Å². The standard InChI is InChI=1S/C92H166NO8P/c1-6-8-10-12-14-16-18-20-22-24-26-28-30-32-34-36-38-40-42-44-45-46-47-49-50-52-54-56-58-60-62-64-66-68-70-72-74-76-78-80-82-84-91(94)98-88-90(89-100-102(96,97)99-87-86-93(3,4)5)101-92(95)85-83-81-79-77-75-73-71-69-67-65-63-61-59-57-55-53-51-48-43-41-39-37-35-33-31-29-27-25-23-21-19-17-15-13-11-9-7-2/h9,11,15,17,21,23-24,26-27,29,33,35,39,41,48,51,55,57,90H,6-8,10,12-14,16,18-20,22,25,28,30-32,34,36-38,40,42-47,49-50,52-54,56,58-89H2,1-5H3/p+1/b11-9-,17-15-,23-21-,26-24-,29-27-,35-33-,41-39-,51-48-,57-55-. The van der Waals surface area contributed by atoms with Gasteiger partial charge in [-0.2, -0.15) is 0 Å². The van der Waals surface area contributed by atoms with Gasteiger partial charge >= 0.3 is 19.8 Å². The summed E-state index contributed by atoms with van der Waals surface area (Å²) in [6, 6.07) is 0. The average molecular weight is 1450 g/mol. The number of phosphoric ester groups is 1. The molecule has 10 heteroatoms. The number of allylic oxidation sites excluding steroid dienone is 18. The lowest BCUT2D eigenvalue weighted by atomic mass is 10.0. The summed E-state index contributed by atoms with van der Waals surface area (Å²) in [6.45, 7) is 4.37.